The quantitative estimate of drug-likeness (QED) is 0.622. The number of thiophene rings is 1. The van der Waals surface area contributed by atoms with Crippen LogP contribution in [-0.2, 0) is 17.9 Å². The van der Waals surface area contributed by atoms with Crippen molar-refractivity contribution in [2.24, 2.45) is 0 Å². The molecule has 0 bridgehead atoms. The smallest absolute Gasteiger partial charge is 0.251 e. The fourth-order valence-electron chi connectivity index (χ4n) is 2.58. The monoisotopic (exact) mass is 401 g/mol. The highest BCUT2D eigenvalue weighted by atomic mass is 32.1. The summed E-state index contributed by atoms with van der Waals surface area (Å²) in [5.41, 5.74) is 1.52. The first-order valence-corrected chi connectivity index (χ1v) is 9.52. The molecule has 3 aromatic rings. The summed E-state index contributed by atoms with van der Waals surface area (Å²) in [6.45, 7) is 0.543. The van der Waals surface area contributed by atoms with E-state index in [4.69, 9.17) is 12.2 Å². The van der Waals surface area contributed by atoms with E-state index in [-0.39, 0.29) is 18.4 Å². The van der Waals surface area contributed by atoms with E-state index in [0.717, 1.165) is 10.4 Å². The van der Waals surface area contributed by atoms with Crippen molar-refractivity contribution in [3.63, 3.8) is 0 Å². The number of nitrogens with one attached hydrogen (secondary N) is 2. The number of hydrogen-bond donors (Lipinski definition) is 2. The molecule has 2 aromatic heterocycles. The molecule has 0 saturated heterocycles. The van der Waals surface area contributed by atoms with Gasteiger partial charge in [-0.15, -0.1) is 11.3 Å². The average molecular weight is 402 g/mol. The summed E-state index contributed by atoms with van der Waals surface area (Å²) in [6, 6.07) is 11.0. The van der Waals surface area contributed by atoms with Gasteiger partial charge < -0.3 is 10.2 Å². The molecule has 0 aliphatic carbocycles. The van der Waals surface area contributed by atoms with Crippen LogP contribution in [0.1, 0.15) is 15.9 Å². The molecular weight excluding hydrogens is 382 g/mol. The molecule has 140 valence electrons. The van der Waals surface area contributed by atoms with E-state index in [1.54, 1.807) is 35.7 Å². The zero-order chi connectivity index (χ0) is 19.4. The summed E-state index contributed by atoms with van der Waals surface area (Å²) in [7, 11) is 3.33. The Kier molecular flexibility index (Phi) is 5.82. The Hall–Kier alpha value is -2.78. The Balaban J connectivity index is 1.69. The van der Waals surface area contributed by atoms with Crippen LogP contribution in [0.25, 0.3) is 10.7 Å². The third-order valence-electron chi connectivity index (χ3n) is 4.08. The number of likely N-dealkylation sites (N-methyl/N-ethyl adjacent to an activating group) is 1. The van der Waals surface area contributed by atoms with E-state index in [2.05, 4.69) is 15.5 Å². The Morgan fingerprint density at radius 3 is 2.67 bits per heavy atom. The van der Waals surface area contributed by atoms with Crippen molar-refractivity contribution in [1.82, 2.24) is 25.0 Å². The highest BCUT2D eigenvalue weighted by Crippen LogP contribution is 2.22. The Morgan fingerprint density at radius 2 is 2.04 bits per heavy atom. The lowest BCUT2D eigenvalue weighted by molar-refractivity contribution is -0.131. The summed E-state index contributed by atoms with van der Waals surface area (Å²) in [6.07, 6.45) is 0. The minimum absolute atomic E-state index is 0.0827. The molecular formula is C18H19N5O2S2. The number of carbonyl (C=O) groups excluding carboxylic acids is 2. The van der Waals surface area contributed by atoms with E-state index < -0.39 is 0 Å². The maximum absolute atomic E-state index is 12.7. The van der Waals surface area contributed by atoms with Crippen molar-refractivity contribution < 1.29 is 9.59 Å². The van der Waals surface area contributed by atoms with Crippen LogP contribution in [0, 0.1) is 4.77 Å². The SMILES string of the molecule is CNC(=O)c1ccc(CN(C)C(=O)Cn2c(-c3cccs3)n[nH]c2=S)cc1. The highest BCUT2D eigenvalue weighted by molar-refractivity contribution is 7.71. The van der Waals surface area contributed by atoms with Crippen LogP contribution >= 0.6 is 23.6 Å². The lowest BCUT2D eigenvalue weighted by atomic mass is 10.1. The topological polar surface area (TPSA) is 83.0 Å². The van der Waals surface area contributed by atoms with E-state index in [1.165, 1.54) is 11.3 Å². The molecule has 0 radical (unpaired) electrons. The van der Waals surface area contributed by atoms with E-state index >= 15 is 0 Å². The molecule has 7 nitrogen and oxygen atoms in total. The number of H-pyrrole nitrogens is 1. The molecule has 0 atom stereocenters. The van der Waals surface area contributed by atoms with Gasteiger partial charge in [0.1, 0.15) is 6.54 Å². The minimum atomic E-state index is -0.138. The van der Waals surface area contributed by atoms with Gasteiger partial charge in [-0.3, -0.25) is 19.3 Å². The van der Waals surface area contributed by atoms with Gasteiger partial charge in [-0.2, -0.15) is 5.10 Å². The lowest BCUT2D eigenvalue weighted by Gasteiger charge is -2.18. The van der Waals surface area contributed by atoms with Gasteiger partial charge in [0.2, 0.25) is 5.91 Å². The molecule has 0 saturated carbocycles. The number of carbonyl (C=O) groups is 2. The van der Waals surface area contributed by atoms with Crippen molar-refractivity contribution in [1.29, 1.82) is 0 Å². The van der Waals surface area contributed by atoms with Gasteiger partial charge in [0.25, 0.3) is 5.91 Å². The molecule has 2 amide bonds. The van der Waals surface area contributed by atoms with Crippen LogP contribution < -0.4 is 5.32 Å². The van der Waals surface area contributed by atoms with Gasteiger partial charge in [-0.1, -0.05) is 18.2 Å². The summed E-state index contributed by atoms with van der Waals surface area (Å²) < 4.78 is 2.12. The first kappa shape index (κ1) is 19.0. The first-order valence-electron chi connectivity index (χ1n) is 8.23. The Labute approximate surface area is 165 Å². The highest BCUT2D eigenvalue weighted by Gasteiger charge is 2.16. The fourth-order valence-corrected chi connectivity index (χ4v) is 3.50. The molecule has 9 heteroatoms. The van der Waals surface area contributed by atoms with Crippen LogP contribution in [0.5, 0.6) is 0 Å². The first-order chi connectivity index (χ1) is 13.0. The van der Waals surface area contributed by atoms with Crippen molar-refractivity contribution in [3.8, 4) is 10.7 Å². The number of aromatic amines is 1. The van der Waals surface area contributed by atoms with Crippen LogP contribution in [0.3, 0.4) is 0 Å². The molecule has 2 N–H and O–H groups in total. The lowest BCUT2D eigenvalue weighted by Crippen LogP contribution is -2.30. The predicted molar refractivity (Wildman–Crippen MR) is 107 cm³/mol. The number of benzene rings is 1. The second kappa shape index (κ2) is 8.28. The van der Waals surface area contributed by atoms with Gasteiger partial charge in [-0.05, 0) is 41.4 Å². The average Bonchev–Trinajstić information content (AvgIpc) is 3.32. The Morgan fingerprint density at radius 1 is 1.30 bits per heavy atom. The predicted octanol–water partition coefficient (Wildman–Crippen LogP) is 2.69. The standard InChI is InChI=1S/C18H19N5O2S2/c1-19-17(25)13-7-5-12(6-8-13)10-22(2)15(24)11-23-16(20-21-18(23)26)14-4-3-9-27-14/h3-9H,10-11H2,1-2H3,(H,19,25)(H,21,26). The van der Waals surface area contributed by atoms with Gasteiger partial charge in [0.15, 0.2) is 10.6 Å². The molecule has 2 heterocycles. The maximum atomic E-state index is 12.7. The molecule has 0 aliphatic heterocycles. The molecule has 0 spiro atoms. The van der Waals surface area contributed by atoms with Crippen molar-refractivity contribution in [2.75, 3.05) is 14.1 Å². The molecule has 0 fully saturated rings. The zero-order valence-corrected chi connectivity index (χ0v) is 16.6. The minimum Gasteiger partial charge on any atom is -0.355 e. The third-order valence-corrected chi connectivity index (χ3v) is 5.26. The fraction of sp³-hybridized carbons (Fsp3) is 0.222. The summed E-state index contributed by atoms with van der Waals surface area (Å²) >= 11 is 6.81. The van der Waals surface area contributed by atoms with Crippen LogP contribution in [0.15, 0.2) is 41.8 Å². The zero-order valence-electron chi connectivity index (χ0n) is 14.9. The third kappa shape index (κ3) is 4.32. The van der Waals surface area contributed by atoms with Gasteiger partial charge in [0, 0.05) is 26.2 Å². The number of rotatable bonds is 6. The van der Waals surface area contributed by atoms with Crippen molar-refractivity contribution >= 4 is 35.4 Å². The number of nitrogens with zero attached hydrogens (tertiary/aromatic N) is 3. The normalized spacial score (nSPS) is 10.6. The van der Waals surface area contributed by atoms with E-state index in [1.807, 2.05) is 29.6 Å². The number of hydrogen-bond acceptors (Lipinski definition) is 5. The van der Waals surface area contributed by atoms with E-state index in [9.17, 15) is 9.59 Å². The molecule has 0 unspecified atom stereocenters. The number of aromatic nitrogens is 3. The molecule has 27 heavy (non-hydrogen) atoms. The Bertz CT molecular complexity index is 990. The second-order valence-electron chi connectivity index (χ2n) is 5.94. The van der Waals surface area contributed by atoms with Gasteiger partial charge in [0.05, 0.1) is 4.88 Å². The summed E-state index contributed by atoms with van der Waals surface area (Å²) in [5, 5.41) is 11.5. The largest absolute Gasteiger partial charge is 0.355 e. The van der Waals surface area contributed by atoms with Crippen molar-refractivity contribution in [2.45, 2.75) is 13.1 Å². The van der Waals surface area contributed by atoms with Crippen LogP contribution in [-0.4, -0.2) is 45.6 Å². The second-order valence-corrected chi connectivity index (χ2v) is 7.28. The molecule has 3 rings (SSSR count). The van der Waals surface area contributed by atoms with Crippen LogP contribution in [0.4, 0.5) is 0 Å². The van der Waals surface area contributed by atoms with Gasteiger partial charge >= 0.3 is 0 Å². The molecule has 1 aromatic carbocycles. The number of amides is 2. The maximum Gasteiger partial charge on any atom is 0.251 e. The van der Waals surface area contributed by atoms with Crippen LogP contribution in [0.2, 0.25) is 0 Å². The molecule has 0 aliphatic rings. The van der Waals surface area contributed by atoms with Gasteiger partial charge in [-0.25, -0.2) is 0 Å². The summed E-state index contributed by atoms with van der Waals surface area (Å²) in [5.74, 6) is 0.439. The van der Waals surface area contributed by atoms with E-state index in [0.29, 0.717) is 22.7 Å². The summed E-state index contributed by atoms with van der Waals surface area (Å²) in [4.78, 5) is 26.8. The van der Waals surface area contributed by atoms with Crippen molar-refractivity contribution in [3.05, 3.63) is 57.7 Å².